The number of ether oxygens (including phenoxy) is 3. The molecule has 0 atom stereocenters. The Morgan fingerprint density at radius 2 is 1.84 bits per heavy atom. The predicted octanol–water partition coefficient (Wildman–Crippen LogP) is 6.16. The Hall–Kier alpha value is -4.96. The SMILES string of the molecule is COC1(CCOc2ccc3c(Oc4ccc(NC(=O)c5c(C)n(C)n(-c6ccccc6)c5=O)cc4F)ccnc3c2)CC1. The molecular weight excluding hydrogens is 551 g/mol. The second-order valence-electron chi connectivity index (χ2n) is 10.6. The maximum absolute atomic E-state index is 15.2. The van der Waals surface area contributed by atoms with Crippen LogP contribution in [0.25, 0.3) is 16.6 Å². The largest absolute Gasteiger partial charge is 0.493 e. The van der Waals surface area contributed by atoms with Gasteiger partial charge in [0.2, 0.25) is 0 Å². The lowest BCUT2D eigenvalue weighted by molar-refractivity contribution is 0.0598. The second kappa shape index (κ2) is 11.4. The maximum Gasteiger partial charge on any atom is 0.284 e. The normalized spacial score (nSPS) is 13.6. The van der Waals surface area contributed by atoms with Crippen LogP contribution in [-0.4, -0.2) is 39.6 Å². The fourth-order valence-corrected chi connectivity index (χ4v) is 5.13. The first-order valence-electron chi connectivity index (χ1n) is 14.0. The monoisotopic (exact) mass is 582 g/mol. The van der Waals surface area contributed by atoms with Gasteiger partial charge in [0.15, 0.2) is 11.6 Å². The lowest BCUT2D eigenvalue weighted by Crippen LogP contribution is -2.25. The lowest BCUT2D eigenvalue weighted by Gasteiger charge is -2.14. The molecule has 3 aromatic carbocycles. The molecule has 0 radical (unpaired) electrons. The quantitative estimate of drug-likeness (QED) is 0.212. The number of hydrogen-bond acceptors (Lipinski definition) is 6. The van der Waals surface area contributed by atoms with E-state index in [4.69, 9.17) is 14.2 Å². The summed E-state index contributed by atoms with van der Waals surface area (Å²) >= 11 is 0. The summed E-state index contributed by atoms with van der Waals surface area (Å²) in [6.07, 6.45) is 4.52. The van der Waals surface area contributed by atoms with Crippen molar-refractivity contribution in [1.29, 1.82) is 0 Å². The third-order valence-corrected chi connectivity index (χ3v) is 7.93. The van der Waals surface area contributed by atoms with Gasteiger partial charge >= 0.3 is 0 Å². The smallest absolute Gasteiger partial charge is 0.284 e. The number of methoxy groups -OCH3 is 1. The summed E-state index contributed by atoms with van der Waals surface area (Å²) in [6.45, 7) is 2.22. The highest BCUT2D eigenvalue weighted by molar-refractivity contribution is 6.05. The van der Waals surface area contributed by atoms with E-state index in [1.54, 1.807) is 50.2 Å². The number of aromatic nitrogens is 3. The van der Waals surface area contributed by atoms with Crippen LogP contribution in [0.15, 0.2) is 83.8 Å². The number of halogens is 1. The molecule has 1 saturated carbocycles. The van der Waals surface area contributed by atoms with E-state index in [-0.39, 0.29) is 22.6 Å². The van der Waals surface area contributed by atoms with E-state index in [1.807, 2.05) is 36.4 Å². The summed E-state index contributed by atoms with van der Waals surface area (Å²) in [4.78, 5) is 30.7. The van der Waals surface area contributed by atoms with Crippen LogP contribution in [-0.2, 0) is 11.8 Å². The van der Waals surface area contributed by atoms with Crippen molar-refractivity contribution >= 4 is 22.5 Å². The number of carbonyl (C=O) groups excluding carboxylic acids is 1. The highest BCUT2D eigenvalue weighted by Gasteiger charge is 2.42. The Bertz CT molecular complexity index is 1880. The lowest BCUT2D eigenvalue weighted by atomic mass is 10.2. The number of fused-ring (bicyclic) bond motifs is 1. The minimum Gasteiger partial charge on any atom is -0.493 e. The molecule has 1 N–H and O–H groups in total. The van der Waals surface area contributed by atoms with Crippen molar-refractivity contribution in [2.75, 3.05) is 19.0 Å². The second-order valence-corrected chi connectivity index (χ2v) is 10.6. The molecule has 1 amide bonds. The number of para-hydroxylation sites is 1. The zero-order valence-electron chi connectivity index (χ0n) is 24.1. The van der Waals surface area contributed by atoms with Gasteiger partial charge in [-0.1, -0.05) is 18.2 Å². The minimum absolute atomic E-state index is 0.0237. The van der Waals surface area contributed by atoms with Crippen molar-refractivity contribution in [3.8, 4) is 22.9 Å². The van der Waals surface area contributed by atoms with E-state index >= 15 is 4.39 Å². The Morgan fingerprint density at radius 1 is 1.05 bits per heavy atom. The van der Waals surface area contributed by atoms with Gasteiger partial charge in [0.1, 0.15) is 17.1 Å². The van der Waals surface area contributed by atoms with Crippen LogP contribution >= 0.6 is 0 Å². The Balaban J connectivity index is 1.16. The Labute approximate surface area is 247 Å². The molecular formula is C33H31FN4O5. The molecule has 0 aliphatic heterocycles. The van der Waals surface area contributed by atoms with Gasteiger partial charge in [-0.15, -0.1) is 0 Å². The van der Waals surface area contributed by atoms with E-state index in [2.05, 4.69) is 10.3 Å². The highest BCUT2D eigenvalue weighted by Crippen LogP contribution is 2.42. The van der Waals surface area contributed by atoms with Crippen molar-refractivity contribution in [2.24, 2.45) is 7.05 Å². The van der Waals surface area contributed by atoms with Gasteiger partial charge in [-0.25, -0.2) is 9.07 Å². The summed E-state index contributed by atoms with van der Waals surface area (Å²) in [5, 5.41) is 3.33. The first kappa shape index (κ1) is 28.2. The third kappa shape index (κ3) is 5.61. The van der Waals surface area contributed by atoms with Gasteiger partial charge in [0, 0.05) is 50.0 Å². The average molecular weight is 583 g/mol. The first-order chi connectivity index (χ1) is 20.8. The number of carbonyl (C=O) groups is 1. The summed E-state index contributed by atoms with van der Waals surface area (Å²) in [5.74, 6) is -0.234. The number of pyridine rings is 1. The van der Waals surface area contributed by atoms with Gasteiger partial charge in [-0.3, -0.25) is 19.3 Å². The van der Waals surface area contributed by atoms with Gasteiger partial charge < -0.3 is 19.5 Å². The van der Waals surface area contributed by atoms with Crippen molar-refractivity contribution in [3.05, 3.63) is 106 Å². The first-order valence-corrected chi connectivity index (χ1v) is 14.0. The molecule has 5 aromatic rings. The zero-order chi connectivity index (χ0) is 30.1. The van der Waals surface area contributed by atoms with Crippen LogP contribution in [0.4, 0.5) is 10.1 Å². The third-order valence-electron chi connectivity index (χ3n) is 7.93. The number of anilines is 1. The summed E-state index contributed by atoms with van der Waals surface area (Å²) in [5.41, 5.74) is 1.41. The molecule has 0 unspecified atom stereocenters. The van der Waals surface area contributed by atoms with E-state index in [9.17, 15) is 9.59 Å². The molecule has 1 aliphatic carbocycles. The molecule has 2 heterocycles. The number of hydrogen-bond donors (Lipinski definition) is 1. The molecule has 220 valence electrons. The number of nitrogens with one attached hydrogen (secondary N) is 1. The number of nitrogens with zero attached hydrogens (tertiary/aromatic N) is 3. The molecule has 1 aliphatic rings. The molecule has 2 aromatic heterocycles. The molecule has 6 rings (SSSR count). The Kier molecular flexibility index (Phi) is 7.45. The highest BCUT2D eigenvalue weighted by atomic mass is 19.1. The van der Waals surface area contributed by atoms with E-state index in [0.717, 1.165) is 25.3 Å². The fourth-order valence-electron chi connectivity index (χ4n) is 5.13. The standard InChI is InChI=1S/C33H31FN4O5/c1-21-30(32(40)38(37(21)2)23-7-5-4-6-8-23)31(39)36-22-9-12-29(26(34)19-22)43-28-13-17-35-27-20-24(10-11-25(27)28)42-18-16-33(41-3)14-15-33/h4-13,17,19-20H,14-16,18H2,1-3H3,(H,36,39). The predicted molar refractivity (Wildman–Crippen MR) is 161 cm³/mol. The van der Waals surface area contributed by atoms with Crippen LogP contribution in [0.2, 0.25) is 0 Å². The van der Waals surface area contributed by atoms with Gasteiger partial charge in [0.05, 0.1) is 29.1 Å². The van der Waals surface area contributed by atoms with Gasteiger partial charge in [0.25, 0.3) is 11.5 Å². The molecule has 1 fully saturated rings. The molecule has 0 bridgehead atoms. The van der Waals surface area contributed by atoms with Crippen LogP contribution < -0.4 is 20.3 Å². The molecule has 10 heteroatoms. The molecule has 0 spiro atoms. The van der Waals surface area contributed by atoms with E-state index in [0.29, 0.717) is 40.4 Å². The van der Waals surface area contributed by atoms with Crippen LogP contribution in [0.5, 0.6) is 17.2 Å². The topological polar surface area (TPSA) is 96.6 Å². The van der Waals surface area contributed by atoms with E-state index < -0.39 is 17.3 Å². The van der Waals surface area contributed by atoms with E-state index in [1.165, 1.54) is 16.8 Å². The van der Waals surface area contributed by atoms with Crippen LogP contribution in [0.1, 0.15) is 35.3 Å². The minimum atomic E-state index is -0.679. The van der Waals surface area contributed by atoms with Crippen LogP contribution in [0, 0.1) is 12.7 Å². The van der Waals surface area contributed by atoms with Gasteiger partial charge in [-0.05, 0) is 62.2 Å². The van der Waals surface area contributed by atoms with Gasteiger partial charge in [-0.2, -0.15) is 0 Å². The molecule has 0 saturated heterocycles. The summed E-state index contributed by atoms with van der Waals surface area (Å²) in [7, 11) is 3.44. The summed E-state index contributed by atoms with van der Waals surface area (Å²) in [6, 6.07) is 20.3. The van der Waals surface area contributed by atoms with Crippen LogP contribution in [0.3, 0.4) is 0 Å². The Morgan fingerprint density at radius 3 is 2.56 bits per heavy atom. The fraction of sp³-hybridized carbons (Fsp3) is 0.242. The summed E-state index contributed by atoms with van der Waals surface area (Å²) < 4.78 is 35.6. The maximum atomic E-state index is 15.2. The zero-order valence-corrected chi connectivity index (χ0v) is 24.1. The number of rotatable bonds is 10. The molecule has 9 nitrogen and oxygen atoms in total. The molecule has 43 heavy (non-hydrogen) atoms. The van der Waals surface area contributed by atoms with Crippen molar-refractivity contribution in [2.45, 2.75) is 31.8 Å². The van der Waals surface area contributed by atoms with Crippen molar-refractivity contribution in [1.82, 2.24) is 14.3 Å². The van der Waals surface area contributed by atoms with Crippen molar-refractivity contribution < 1.29 is 23.4 Å². The number of benzene rings is 3. The van der Waals surface area contributed by atoms with Crippen molar-refractivity contribution in [3.63, 3.8) is 0 Å². The average Bonchev–Trinajstić information content (AvgIpc) is 3.75. The number of amides is 1.